The number of hydrogen-bond donors (Lipinski definition) is 1. The number of ether oxygens (including phenoxy) is 3. The van der Waals surface area contributed by atoms with E-state index in [0.717, 1.165) is 11.1 Å². The molecule has 3 rings (SSSR count). The Bertz CT molecular complexity index is 1580. The Morgan fingerprint density at radius 3 is 1.62 bits per heavy atom. The summed E-state index contributed by atoms with van der Waals surface area (Å²) in [6, 6.07) is 20.4. The minimum Gasteiger partial charge on any atom is -0.545 e. The van der Waals surface area contributed by atoms with Crippen LogP contribution in [0.3, 0.4) is 0 Å². The van der Waals surface area contributed by atoms with Gasteiger partial charge in [-0.1, -0.05) is 83.3 Å². The largest absolute Gasteiger partial charge is 0.545 e. The average molecular weight is 658 g/mol. The maximum Gasteiger partial charge on any atom is 0.339 e. The molecule has 0 radical (unpaired) electrons. The lowest BCUT2D eigenvalue weighted by Crippen LogP contribution is -2.30. The van der Waals surface area contributed by atoms with Crippen LogP contribution in [0, 0.1) is 0 Å². The van der Waals surface area contributed by atoms with E-state index in [4.69, 9.17) is 14.2 Å². The number of allylic oxidation sites excluding steroid dienone is 2. The summed E-state index contributed by atoms with van der Waals surface area (Å²) in [6.07, 6.45) is -2.17. The molecule has 0 aromatic heterocycles. The third-order valence-electron chi connectivity index (χ3n) is 7.46. The molecule has 0 fully saturated rings. The van der Waals surface area contributed by atoms with E-state index >= 15 is 0 Å². The van der Waals surface area contributed by atoms with Crippen LogP contribution >= 0.6 is 0 Å². The molecule has 48 heavy (non-hydrogen) atoms. The van der Waals surface area contributed by atoms with Crippen molar-refractivity contribution in [2.75, 3.05) is 13.2 Å². The van der Waals surface area contributed by atoms with Crippen molar-refractivity contribution in [2.45, 2.75) is 72.0 Å². The third kappa shape index (κ3) is 11.3. The number of aliphatic hydroxyl groups is 1. The van der Waals surface area contributed by atoms with Gasteiger partial charge in [-0.3, -0.25) is 9.59 Å². The molecule has 256 valence electrons. The highest BCUT2D eigenvalue weighted by atomic mass is 16.6. The molecule has 3 aromatic carbocycles. The average Bonchev–Trinajstić information content (AvgIpc) is 3.07. The van der Waals surface area contributed by atoms with Crippen molar-refractivity contribution in [3.8, 4) is 11.5 Å². The number of carbonyl (C=O) groups excluding carboxylic acids is 4. The predicted octanol–water partition coefficient (Wildman–Crippen LogP) is 5.82. The van der Waals surface area contributed by atoms with Crippen LogP contribution in [0.5, 0.6) is 11.5 Å². The summed E-state index contributed by atoms with van der Waals surface area (Å²) in [4.78, 5) is 48.5. The van der Waals surface area contributed by atoms with Crippen LogP contribution in [0.1, 0.15) is 86.2 Å². The van der Waals surface area contributed by atoms with Crippen molar-refractivity contribution >= 4 is 23.5 Å². The summed E-state index contributed by atoms with van der Waals surface area (Å²) >= 11 is 0. The lowest BCUT2D eigenvalue weighted by atomic mass is 9.78. The summed E-state index contributed by atoms with van der Waals surface area (Å²) in [7, 11) is 0. The van der Waals surface area contributed by atoms with E-state index in [0.29, 0.717) is 17.1 Å². The maximum absolute atomic E-state index is 12.8. The standard InChI is InChI=1S/C37H40O9.C2H6/c1-23(2)33(39)19-27(38)21-44-28-15-11-25(12-16-28)37(5,6)26-13-17-29(18-14-26)45-22-30(20-34(40)24(3)4)46-36(43)32-10-8-7-9-31(32)35(41)42;1-2/h7-18,27,30,38H,1,3,19-22H2,2,4-6H3,(H,41,42);1-2H3/p-1. The van der Waals surface area contributed by atoms with E-state index < -0.39 is 29.6 Å². The third-order valence-corrected chi connectivity index (χ3v) is 7.46. The molecule has 0 saturated carbocycles. The van der Waals surface area contributed by atoms with Gasteiger partial charge >= 0.3 is 5.97 Å². The van der Waals surface area contributed by atoms with Gasteiger partial charge in [-0.25, -0.2) is 4.79 Å². The molecule has 0 heterocycles. The van der Waals surface area contributed by atoms with Crippen molar-refractivity contribution in [1.82, 2.24) is 0 Å². The highest BCUT2D eigenvalue weighted by Crippen LogP contribution is 2.33. The normalized spacial score (nSPS) is 12.0. The zero-order chi connectivity index (χ0) is 36.0. The van der Waals surface area contributed by atoms with Crippen LogP contribution < -0.4 is 14.6 Å². The van der Waals surface area contributed by atoms with Gasteiger partial charge in [0, 0.05) is 17.4 Å². The van der Waals surface area contributed by atoms with Crippen molar-refractivity contribution in [3.63, 3.8) is 0 Å². The van der Waals surface area contributed by atoms with Crippen LogP contribution in [-0.2, 0) is 19.7 Å². The Hall–Kier alpha value is -5.02. The second kappa shape index (κ2) is 18.4. The molecular formula is C39H45O9-. The molecule has 3 aromatic rings. The molecule has 9 heteroatoms. The van der Waals surface area contributed by atoms with E-state index in [1.165, 1.54) is 24.3 Å². The van der Waals surface area contributed by atoms with Gasteiger partial charge in [-0.2, -0.15) is 0 Å². The quantitative estimate of drug-likeness (QED) is 0.141. The van der Waals surface area contributed by atoms with Crippen molar-refractivity contribution in [2.24, 2.45) is 0 Å². The molecule has 9 nitrogen and oxygen atoms in total. The first-order valence-electron chi connectivity index (χ1n) is 15.7. The van der Waals surface area contributed by atoms with Crippen LogP contribution in [0.15, 0.2) is 97.1 Å². The molecule has 0 aliphatic rings. The number of ketones is 2. The number of carbonyl (C=O) groups is 4. The predicted molar refractivity (Wildman–Crippen MR) is 182 cm³/mol. The van der Waals surface area contributed by atoms with Crippen LogP contribution in [-0.4, -0.2) is 54.0 Å². The van der Waals surface area contributed by atoms with Crippen LogP contribution in [0.4, 0.5) is 0 Å². The highest BCUT2D eigenvalue weighted by Gasteiger charge is 2.25. The van der Waals surface area contributed by atoms with E-state index in [2.05, 4.69) is 27.0 Å². The molecule has 2 atom stereocenters. The summed E-state index contributed by atoms with van der Waals surface area (Å²) in [6.45, 7) is 18.3. The first-order valence-corrected chi connectivity index (χ1v) is 15.7. The van der Waals surface area contributed by atoms with Crippen LogP contribution in [0.25, 0.3) is 0 Å². The van der Waals surface area contributed by atoms with Crippen LogP contribution in [0.2, 0.25) is 0 Å². The summed E-state index contributed by atoms with van der Waals surface area (Å²) in [5, 5.41) is 21.5. The van der Waals surface area contributed by atoms with E-state index in [-0.39, 0.29) is 54.3 Å². The minimum atomic E-state index is -1.52. The van der Waals surface area contributed by atoms with Gasteiger partial charge in [0.2, 0.25) is 0 Å². The molecule has 0 aliphatic carbocycles. The SMILES string of the molecule is C=C(C)C(=O)CC(O)COc1ccc(C(C)(C)c2ccc(OCC(CC(=O)C(=C)C)OC(=O)c3ccccc3C(=O)[O-])cc2)cc1.CC. The number of carboxylic acids is 1. The Labute approximate surface area is 282 Å². The minimum absolute atomic E-state index is 0.0161. The number of esters is 1. The number of Topliss-reactive ketones (excluding diaryl/α,β-unsaturated/α-hetero) is 2. The van der Waals surface area contributed by atoms with E-state index in [9.17, 15) is 29.4 Å². The smallest absolute Gasteiger partial charge is 0.339 e. The first kappa shape index (κ1) is 39.2. The summed E-state index contributed by atoms with van der Waals surface area (Å²) < 4.78 is 17.0. The van der Waals surface area contributed by atoms with Gasteiger partial charge in [0.1, 0.15) is 30.8 Å². The second-order valence-corrected chi connectivity index (χ2v) is 11.6. The Morgan fingerprint density at radius 1 is 0.729 bits per heavy atom. The fraction of sp³-hybridized carbons (Fsp3) is 0.333. The molecule has 0 amide bonds. The summed E-state index contributed by atoms with van der Waals surface area (Å²) in [5.74, 6) is -1.92. The van der Waals surface area contributed by atoms with Gasteiger partial charge in [0.15, 0.2) is 11.6 Å². The Balaban J connectivity index is 0.00000392. The fourth-order valence-electron chi connectivity index (χ4n) is 4.50. The van der Waals surface area contributed by atoms with Crippen molar-refractivity contribution in [3.05, 3.63) is 119 Å². The number of hydrogen-bond acceptors (Lipinski definition) is 9. The van der Waals surface area contributed by atoms with Crippen molar-refractivity contribution in [1.29, 1.82) is 0 Å². The fourth-order valence-corrected chi connectivity index (χ4v) is 4.50. The zero-order valence-corrected chi connectivity index (χ0v) is 28.5. The van der Waals surface area contributed by atoms with Gasteiger partial charge in [-0.05, 0) is 66.5 Å². The Kier molecular flexibility index (Phi) is 15.0. The van der Waals surface area contributed by atoms with E-state index in [1.807, 2.05) is 38.1 Å². The number of aliphatic hydroxyl groups excluding tert-OH is 1. The molecule has 0 spiro atoms. The Morgan fingerprint density at radius 2 is 1.17 bits per heavy atom. The number of aromatic carboxylic acids is 1. The lowest BCUT2D eigenvalue weighted by molar-refractivity contribution is -0.255. The topological polar surface area (TPSA) is 139 Å². The lowest BCUT2D eigenvalue weighted by Gasteiger charge is -2.27. The molecular weight excluding hydrogens is 612 g/mol. The monoisotopic (exact) mass is 657 g/mol. The number of rotatable bonds is 17. The molecule has 0 saturated heterocycles. The summed E-state index contributed by atoms with van der Waals surface area (Å²) in [5.41, 5.74) is 1.77. The number of carboxylic acid groups (broad SMARTS) is 1. The van der Waals surface area contributed by atoms with Crippen molar-refractivity contribution < 1.29 is 43.6 Å². The van der Waals surface area contributed by atoms with Gasteiger partial charge in [0.05, 0.1) is 24.1 Å². The molecule has 0 aliphatic heterocycles. The van der Waals surface area contributed by atoms with Gasteiger partial charge in [0.25, 0.3) is 0 Å². The first-order chi connectivity index (χ1) is 22.7. The number of benzene rings is 3. The second-order valence-electron chi connectivity index (χ2n) is 11.6. The zero-order valence-electron chi connectivity index (χ0n) is 28.5. The van der Waals surface area contributed by atoms with Gasteiger partial charge < -0.3 is 29.2 Å². The van der Waals surface area contributed by atoms with Gasteiger partial charge in [-0.15, -0.1) is 0 Å². The molecule has 2 unspecified atom stereocenters. The molecule has 0 bridgehead atoms. The van der Waals surface area contributed by atoms with E-state index in [1.54, 1.807) is 38.1 Å². The maximum atomic E-state index is 12.8. The highest BCUT2D eigenvalue weighted by molar-refractivity contribution is 6.02. The molecule has 1 N–H and O–H groups in total.